The smallest absolute Gasteiger partial charge is 0.305 e. The van der Waals surface area contributed by atoms with E-state index in [0.717, 1.165) is 11.3 Å². The van der Waals surface area contributed by atoms with Crippen LogP contribution in [0.15, 0.2) is 91.1 Å². The van der Waals surface area contributed by atoms with Crippen LogP contribution in [0.4, 0.5) is 0 Å². The van der Waals surface area contributed by atoms with Crippen LogP contribution in [0, 0.1) is 0 Å². The van der Waals surface area contributed by atoms with Crippen LogP contribution in [0.2, 0.25) is 10.0 Å². The Morgan fingerprint density at radius 2 is 1.50 bits per heavy atom. The minimum Gasteiger partial charge on any atom is -0.481 e. The van der Waals surface area contributed by atoms with Crippen molar-refractivity contribution in [1.82, 2.24) is 15.2 Å². The van der Waals surface area contributed by atoms with E-state index in [9.17, 15) is 19.5 Å². The Morgan fingerprint density at radius 3 is 2.17 bits per heavy atom. The summed E-state index contributed by atoms with van der Waals surface area (Å²) in [5, 5.41) is 13.2. The van der Waals surface area contributed by atoms with Gasteiger partial charge < -0.3 is 15.3 Å². The van der Waals surface area contributed by atoms with E-state index in [0.29, 0.717) is 38.7 Å². The summed E-state index contributed by atoms with van der Waals surface area (Å²) in [4.78, 5) is 44.2. The molecule has 204 valence electrons. The average Bonchev–Trinajstić information content (AvgIpc) is 2.97. The van der Waals surface area contributed by atoms with Crippen LogP contribution in [0.25, 0.3) is 11.1 Å². The lowest BCUT2D eigenvalue weighted by Crippen LogP contribution is -2.35. The van der Waals surface area contributed by atoms with Gasteiger partial charge in [-0.2, -0.15) is 0 Å². The van der Waals surface area contributed by atoms with Crippen LogP contribution in [0.3, 0.4) is 0 Å². The Bertz CT molecular complexity index is 1510. The first-order valence-corrected chi connectivity index (χ1v) is 13.4. The zero-order chi connectivity index (χ0) is 28.5. The minimum absolute atomic E-state index is 0.0138. The molecule has 7 nitrogen and oxygen atoms in total. The number of rotatable bonds is 11. The fraction of sp³-hybridized carbons (Fsp3) is 0.161. The molecule has 2 amide bonds. The number of aromatic nitrogens is 1. The number of benzene rings is 3. The molecule has 3 aromatic carbocycles. The summed E-state index contributed by atoms with van der Waals surface area (Å²) >= 11 is 12.3. The molecule has 0 fully saturated rings. The maximum absolute atomic E-state index is 13.9. The highest BCUT2D eigenvalue weighted by Gasteiger charge is 2.23. The molecule has 40 heavy (non-hydrogen) atoms. The van der Waals surface area contributed by atoms with Gasteiger partial charge in [-0.1, -0.05) is 71.7 Å². The quantitative estimate of drug-likeness (QED) is 0.223. The fourth-order valence-electron chi connectivity index (χ4n) is 4.28. The van der Waals surface area contributed by atoms with E-state index in [4.69, 9.17) is 23.2 Å². The van der Waals surface area contributed by atoms with Crippen molar-refractivity contribution in [1.29, 1.82) is 0 Å². The standard InChI is InChI=1S/C31H27Cl2N3O4/c32-22-13-12-21(28(33)19-22)14-17-36(18-15-29(37)38)31(40)27-11-4-2-9-25(27)24-8-1-3-10-26(24)30(39)35-20-23-7-5-6-16-34-23/h1-13,16,19H,14-15,17-18,20H2,(H,35,39)(H,37,38). The molecule has 1 heterocycles. The van der Waals surface area contributed by atoms with Crippen molar-refractivity contribution in [3.05, 3.63) is 124 Å². The molecule has 0 radical (unpaired) electrons. The number of carbonyl (C=O) groups excluding carboxylic acids is 2. The molecule has 0 atom stereocenters. The van der Waals surface area contributed by atoms with Gasteiger partial charge in [-0.05, 0) is 59.5 Å². The third-order valence-electron chi connectivity index (χ3n) is 6.32. The van der Waals surface area contributed by atoms with Gasteiger partial charge in [-0.3, -0.25) is 19.4 Å². The van der Waals surface area contributed by atoms with Crippen LogP contribution in [-0.2, 0) is 17.8 Å². The van der Waals surface area contributed by atoms with Gasteiger partial charge in [0.05, 0.1) is 18.7 Å². The molecule has 0 aliphatic carbocycles. The van der Waals surface area contributed by atoms with Crippen LogP contribution in [0.1, 0.15) is 38.4 Å². The molecule has 0 bridgehead atoms. The Hall–Kier alpha value is -4.20. The average molecular weight is 576 g/mol. The number of pyridine rings is 1. The van der Waals surface area contributed by atoms with Gasteiger partial charge in [-0.15, -0.1) is 0 Å². The van der Waals surface area contributed by atoms with Crippen LogP contribution >= 0.6 is 23.2 Å². The van der Waals surface area contributed by atoms with Crippen molar-refractivity contribution in [2.24, 2.45) is 0 Å². The van der Waals surface area contributed by atoms with Crippen molar-refractivity contribution in [3.8, 4) is 11.1 Å². The van der Waals surface area contributed by atoms with Crippen molar-refractivity contribution in [2.45, 2.75) is 19.4 Å². The van der Waals surface area contributed by atoms with Crippen LogP contribution < -0.4 is 5.32 Å². The second kappa shape index (κ2) is 13.7. The third-order valence-corrected chi connectivity index (χ3v) is 6.91. The fourth-order valence-corrected chi connectivity index (χ4v) is 4.79. The van der Waals surface area contributed by atoms with Gasteiger partial charge in [0.2, 0.25) is 0 Å². The first-order chi connectivity index (χ1) is 19.3. The largest absolute Gasteiger partial charge is 0.481 e. The molecule has 0 aliphatic rings. The number of aliphatic carboxylic acids is 1. The highest BCUT2D eigenvalue weighted by atomic mass is 35.5. The minimum atomic E-state index is -1.01. The summed E-state index contributed by atoms with van der Waals surface area (Å²) in [6.07, 6.45) is 1.86. The van der Waals surface area contributed by atoms with E-state index in [1.54, 1.807) is 79.0 Å². The van der Waals surface area contributed by atoms with E-state index in [-0.39, 0.29) is 37.9 Å². The highest BCUT2D eigenvalue weighted by Crippen LogP contribution is 2.29. The Labute approximate surface area is 242 Å². The molecule has 2 N–H and O–H groups in total. The van der Waals surface area contributed by atoms with Crippen molar-refractivity contribution in [2.75, 3.05) is 13.1 Å². The van der Waals surface area contributed by atoms with Crippen LogP contribution in [0.5, 0.6) is 0 Å². The molecule has 4 aromatic rings. The second-order valence-electron chi connectivity index (χ2n) is 9.02. The maximum Gasteiger partial charge on any atom is 0.305 e. The molecule has 0 saturated heterocycles. The molecule has 0 aliphatic heterocycles. The molecule has 1 aromatic heterocycles. The summed E-state index contributed by atoms with van der Waals surface area (Å²) in [6, 6.07) is 24.7. The first-order valence-electron chi connectivity index (χ1n) is 12.6. The Morgan fingerprint density at radius 1 is 0.825 bits per heavy atom. The van der Waals surface area contributed by atoms with E-state index >= 15 is 0 Å². The van der Waals surface area contributed by atoms with Crippen molar-refractivity contribution < 1.29 is 19.5 Å². The first kappa shape index (κ1) is 28.8. The number of hydrogen-bond acceptors (Lipinski definition) is 4. The number of amides is 2. The van der Waals surface area contributed by atoms with Gasteiger partial charge in [0.15, 0.2) is 0 Å². The SMILES string of the molecule is O=C(O)CCN(CCc1ccc(Cl)cc1Cl)C(=O)c1ccccc1-c1ccccc1C(=O)NCc1ccccn1. The predicted octanol–water partition coefficient (Wildman–Crippen LogP) is 6.15. The summed E-state index contributed by atoms with van der Waals surface area (Å²) in [5.41, 5.74) is 3.44. The normalized spacial score (nSPS) is 10.7. The Kier molecular flexibility index (Phi) is 9.89. The zero-order valence-corrected chi connectivity index (χ0v) is 23.0. The number of halogens is 2. The molecule has 9 heteroatoms. The predicted molar refractivity (Wildman–Crippen MR) is 156 cm³/mol. The molecule has 0 spiro atoms. The van der Waals surface area contributed by atoms with Crippen molar-refractivity contribution in [3.63, 3.8) is 0 Å². The van der Waals surface area contributed by atoms with Gasteiger partial charge in [-0.25, -0.2) is 0 Å². The van der Waals surface area contributed by atoms with E-state index in [2.05, 4.69) is 10.3 Å². The van der Waals surface area contributed by atoms with Crippen molar-refractivity contribution >= 4 is 41.0 Å². The number of carboxylic acid groups (broad SMARTS) is 1. The molecule has 0 unspecified atom stereocenters. The number of nitrogens with one attached hydrogen (secondary N) is 1. The van der Waals surface area contributed by atoms with Crippen LogP contribution in [-0.4, -0.2) is 45.9 Å². The molecular formula is C31H27Cl2N3O4. The maximum atomic E-state index is 13.9. The number of carboxylic acids is 1. The summed E-state index contributed by atoms with van der Waals surface area (Å²) in [6.45, 7) is 0.513. The van der Waals surface area contributed by atoms with Gasteiger partial charge in [0.1, 0.15) is 0 Å². The van der Waals surface area contributed by atoms with E-state index in [1.807, 2.05) is 12.1 Å². The van der Waals surface area contributed by atoms with E-state index in [1.165, 1.54) is 4.90 Å². The summed E-state index contributed by atoms with van der Waals surface area (Å²) in [7, 11) is 0. The third kappa shape index (κ3) is 7.46. The van der Waals surface area contributed by atoms with E-state index < -0.39 is 5.97 Å². The molecule has 0 saturated carbocycles. The monoisotopic (exact) mass is 575 g/mol. The lowest BCUT2D eigenvalue weighted by molar-refractivity contribution is -0.137. The lowest BCUT2D eigenvalue weighted by atomic mass is 9.94. The van der Waals surface area contributed by atoms with Gasteiger partial charge >= 0.3 is 5.97 Å². The molecular weight excluding hydrogens is 549 g/mol. The zero-order valence-electron chi connectivity index (χ0n) is 21.5. The lowest BCUT2D eigenvalue weighted by Gasteiger charge is -2.24. The summed E-state index contributed by atoms with van der Waals surface area (Å²) in [5.74, 6) is -1.65. The topological polar surface area (TPSA) is 99.6 Å². The van der Waals surface area contributed by atoms with Gasteiger partial charge in [0, 0.05) is 40.5 Å². The highest BCUT2D eigenvalue weighted by molar-refractivity contribution is 6.35. The number of nitrogens with zero attached hydrogens (tertiary/aromatic N) is 2. The second-order valence-corrected chi connectivity index (χ2v) is 9.86. The molecule has 4 rings (SSSR count). The number of carbonyl (C=O) groups is 3. The summed E-state index contributed by atoms with van der Waals surface area (Å²) < 4.78 is 0. The number of hydrogen-bond donors (Lipinski definition) is 2. The van der Waals surface area contributed by atoms with Gasteiger partial charge in [0.25, 0.3) is 11.8 Å². The Balaban J connectivity index is 1.61.